The third-order valence-corrected chi connectivity index (χ3v) is 3.88. The number of anilines is 1. The Balaban J connectivity index is 1.91. The quantitative estimate of drug-likeness (QED) is 0.579. The van der Waals surface area contributed by atoms with Gasteiger partial charge in [-0.2, -0.15) is 0 Å². The Morgan fingerprint density at radius 2 is 2.11 bits per heavy atom. The summed E-state index contributed by atoms with van der Waals surface area (Å²) in [6, 6.07) is 2.24. The van der Waals surface area contributed by atoms with E-state index in [0.29, 0.717) is 6.04 Å². The van der Waals surface area contributed by atoms with Gasteiger partial charge >= 0.3 is 0 Å². The molecule has 1 atom stereocenters. The predicted octanol–water partition coefficient (Wildman–Crippen LogP) is -0.00310. The second-order valence-corrected chi connectivity index (χ2v) is 4.95. The lowest BCUT2D eigenvalue weighted by Crippen LogP contribution is -2.57. The molecule has 0 amide bonds. The van der Waals surface area contributed by atoms with E-state index >= 15 is 0 Å². The molecule has 4 heterocycles. The van der Waals surface area contributed by atoms with E-state index in [2.05, 4.69) is 32.1 Å². The Morgan fingerprint density at radius 3 is 2.67 bits per heavy atom. The number of nitrogens with two attached hydrogens (primary N) is 1. The molecule has 0 aliphatic carbocycles. The average Bonchev–Trinajstić information content (AvgIpc) is 2.47. The lowest BCUT2D eigenvalue weighted by Gasteiger charge is -2.46. The van der Waals surface area contributed by atoms with E-state index < -0.39 is 0 Å². The molecule has 1 aromatic rings. The molecular formula is C12H20N6. The maximum atomic E-state index is 5.48. The van der Waals surface area contributed by atoms with Crippen molar-refractivity contribution in [2.24, 2.45) is 5.84 Å². The van der Waals surface area contributed by atoms with Gasteiger partial charge in [-0.15, -0.1) is 0 Å². The number of nitrogen functional groups attached to an aromatic ring is 1. The van der Waals surface area contributed by atoms with E-state index in [4.69, 9.17) is 5.84 Å². The van der Waals surface area contributed by atoms with Crippen molar-refractivity contribution >= 4 is 5.82 Å². The van der Waals surface area contributed by atoms with E-state index in [1.807, 2.05) is 6.07 Å². The maximum absolute atomic E-state index is 5.48. The number of aryl methyl sites for hydroxylation is 1. The largest absolute Gasteiger partial charge is 0.308 e. The van der Waals surface area contributed by atoms with Gasteiger partial charge in [-0.1, -0.05) is 6.92 Å². The van der Waals surface area contributed by atoms with Gasteiger partial charge in [-0.25, -0.2) is 15.8 Å². The first-order valence-electron chi connectivity index (χ1n) is 6.61. The summed E-state index contributed by atoms with van der Waals surface area (Å²) < 4.78 is 0. The van der Waals surface area contributed by atoms with E-state index in [0.717, 1.165) is 43.4 Å². The monoisotopic (exact) mass is 248 g/mol. The van der Waals surface area contributed by atoms with Crippen LogP contribution in [0.25, 0.3) is 0 Å². The fraction of sp³-hybridized carbons (Fsp3) is 0.667. The standard InChI is InChI=1S/C12H20N6/c1-2-9-7-11(16-13)15-12(14-9)10-8-17-3-5-18(10)6-4-17/h7,10H,2-6,8,13H2,1H3,(H,14,15,16). The topological polar surface area (TPSA) is 70.3 Å². The van der Waals surface area contributed by atoms with Gasteiger partial charge in [0.2, 0.25) is 0 Å². The number of aromatic nitrogens is 2. The Bertz CT molecular complexity index is 404. The number of hydrazine groups is 1. The highest BCUT2D eigenvalue weighted by Gasteiger charge is 2.34. The van der Waals surface area contributed by atoms with Gasteiger partial charge < -0.3 is 5.43 Å². The molecule has 6 nitrogen and oxygen atoms in total. The molecule has 18 heavy (non-hydrogen) atoms. The first-order chi connectivity index (χ1) is 8.80. The zero-order valence-corrected chi connectivity index (χ0v) is 10.8. The Labute approximate surface area is 107 Å². The highest BCUT2D eigenvalue weighted by Crippen LogP contribution is 2.27. The van der Waals surface area contributed by atoms with Crippen molar-refractivity contribution in [3.63, 3.8) is 0 Å². The van der Waals surface area contributed by atoms with Crippen LogP contribution in [0.2, 0.25) is 0 Å². The van der Waals surface area contributed by atoms with Crippen LogP contribution >= 0.6 is 0 Å². The molecule has 1 aromatic heterocycles. The minimum Gasteiger partial charge on any atom is -0.308 e. The van der Waals surface area contributed by atoms with Crippen molar-refractivity contribution in [3.8, 4) is 0 Å². The number of nitrogens with zero attached hydrogens (tertiary/aromatic N) is 4. The molecule has 3 aliphatic rings. The third kappa shape index (κ3) is 2.07. The molecule has 0 aromatic carbocycles. The van der Waals surface area contributed by atoms with Crippen molar-refractivity contribution in [1.29, 1.82) is 0 Å². The van der Waals surface area contributed by atoms with Crippen molar-refractivity contribution in [3.05, 3.63) is 17.6 Å². The van der Waals surface area contributed by atoms with Gasteiger partial charge in [0.1, 0.15) is 11.6 Å². The Hall–Kier alpha value is -1.24. The van der Waals surface area contributed by atoms with Gasteiger partial charge in [0, 0.05) is 44.5 Å². The van der Waals surface area contributed by atoms with Crippen molar-refractivity contribution in [1.82, 2.24) is 19.8 Å². The van der Waals surface area contributed by atoms with Crippen LogP contribution in [-0.4, -0.2) is 52.5 Å². The van der Waals surface area contributed by atoms with Gasteiger partial charge in [-0.05, 0) is 6.42 Å². The van der Waals surface area contributed by atoms with Gasteiger partial charge in [0.05, 0.1) is 6.04 Å². The summed E-state index contributed by atoms with van der Waals surface area (Å²) in [6.07, 6.45) is 0.903. The number of piperazine rings is 3. The van der Waals surface area contributed by atoms with Crippen molar-refractivity contribution in [2.45, 2.75) is 19.4 Å². The summed E-state index contributed by atoms with van der Waals surface area (Å²) in [5.74, 6) is 7.11. The summed E-state index contributed by atoms with van der Waals surface area (Å²) >= 11 is 0. The fourth-order valence-corrected chi connectivity index (χ4v) is 2.78. The number of hydrogen-bond acceptors (Lipinski definition) is 6. The predicted molar refractivity (Wildman–Crippen MR) is 70.0 cm³/mol. The van der Waals surface area contributed by atoms with Crippen molar-refractivity contribution < 1.29 is 0 Å². The molecular weight excluding hydrogens is 228 g/mol. The molecule has 2 bridgehead atoms. The molecule has 3 aliphatic heterocycles. The molecule has 6 heteroatoms. The van der Waals surface area contributed by atoms with Gasteiger partial charge in [0.25, 0.3) is 0 Å². The summed E-state index contributed by atoms with van der Waals surface area (Å²) in [6.45, 7) is 7.73. The average molecular weight is 248 g/mol. The van der Waals surface area contributed by atoms with Crippen LogP contribution < -0.4 is 11.3 Å². The zero-order valence-electron chi connectivity index (χ0n) is 10.8. The molecule has 3 N–H and O–H groups in total. The maximum Gasteiger partial charge on any atom is 0.149 e. The Morgan fingerprint density at radius 1 is 1.33 bits per heavy atom. The lowest BCUT2D eigenvalue weighted by atomic mass is 10.1. The van der Waals surface area contributed by atoms with Crippen LogP contribution in [0.3, 0.4) is 0 Å². The molecule has 0 spiro atoms. The molecule has 4 rings (SSSR count). The van der Waals surface area contributed by atoms with E-state index in [1.54, 1.807) is 0 Å². The van der Waals surface area contributed by atoms with Crippen LogP contribution in [0.1, 0.15) is 24.5 Å². The minimum atomic E-state index is 0.325. The molecule has 98 valence electrons. The molecule has 3 saturated heterocycles. The number of rotatable bonds is 3. The highest BCUT2D eigenvalue weighted by atomic mass is 15.4. The second-order valence-electron chi connectivity index (χ2n) is 4.95. The van der Waals surface area contributed by atoms with Gasteiger partial charge in [-0.3, -0.25) is 9.80 Å². The van der Waals surface area contributed by atoms with Crippen LogP contribution in [0.5, 0.6) is 0 Å². The van der Waals surface area contributed by atoms with Crippen molar-refractivity contribution in [2.75, 3.05) is 38.1 Å². The van der Waals surface area contributed by atoms with Crippen LogP contribution in [0.4, 0.5) is 5.82 Å². The molecule has 0 radical (unpaired) electrons. The lowest BCUT2D eigenvalue weighted by molar-refractivity contribution is 0.00862. The molecule has 3 fully saturated rings. The summed E-state index contributed by atoms with van der Waals surface area (Å²) in [7, 11) is 0. The fourth-order valence-electron chi connectivity index (χ4n) is 2.78. The third-order valence-electron chi connectivity index (χ3n) is 3.88. The summed E-state index contributed by atoms with van der Waals surface area (Å²) in [5, 5.41) is 0. The Kier molecular flexibility index (Phi) is 3.15. The number of fused-ring (bicyclic) bond motifs is 3. The smallest absolute Gasteiger partial charge is 0.149 e. The first-order valence-corrected chi connectivity index (χ1v) is 6.61. The van der Waals surface area contributed by atoms with Crippen LogP contribution in [-0.2, 0) is 6.42 Å². The summed E-state index contributed by atoms with van der Waals surface area (Å²) in [5.41, 5.74) is 3.69. The first kappa shape index (κ1) is 11.8. The minimum absolute atomic E-state index is 0.325. The summed E-state index contributed by atoms with van der Waals surface area (Å²) in [4.78, 5) is 14.2. The van der Waals surface area contributed by atoms with Gasteiger partial charge in [0.15, 0.2) is 0 Å². The van der Waals surface area contributed by atoms with Crippen LogP contribution in [0.15, 0.2) is 6.07 Å². The number of nitrogens with one attached hydrogen (secondary N) is 1. The highest BCUT2D eigenvalue weighted by molar-refractivity contribution is 5.35. The SMILES string of the molecule is CCc1cc(NN)nc(C2CN3CCN2CC3)n1. The second kappa shape index (κ2) is 4.79. The van der Waals surface area contributed by atoms with E-state index in [9.17, 15) is 0 Å². The van der Waals surface area contributed by atoms with E-state index in [-0.39, 0.29) is 0 Å². The van der Waals surface area contributed by atoms with Crippen LogP contribution in [0, 0.1) is 0 Å². The van der Waals surface area contributed by atoms with E-state index in [1.165, 1.54) is 13.1 Å². The number of hydrogen-bond donors (Lipinski definition) is 2. The molecule has 0 saturated carbocycles. The molecule has 1 unspecified atom stereocenters. The zero-order chi connectivity index (χ0) is 12.5. The normalized spacial score (nSPS) is 30.4.